The van der Waals surface area contributed by atoms with Gasteiger partial charge in [-0.2, -0.15) is 0 Å². The summed E-state index contributed by atoms with van der Waals surface area (Å²) in [6.45, 7) is 16.4. The van der Waals surface area contributed by atoms with Crippen molar-refractivity contribution in [1.29, 1.82) is 0 Å². The Kier molecular flexibility index (Phi) is 9.13. The van der Waals surface area contributed by atoms with Gasteiger partial charge in [-0.3, -0.25) is 14.5 Å². The number of hydrogen-bond donors (Lipinski definition) is 2. The fourth-order valence-electron chi connectivity index (χ4n) is 5.39. The van der Waals surface area contributed by atoms with Gasteiger partial charge in [0, 0.05) is 43.5 Å². The van der Waals surface area contributed by atoms with E-state index in [0.29, 0.717) is 38.8 Å². The maximum atomic E-state index is 13.2. The van der Waals surface area contributed by atoms with Gasteiger partial charge in [0.2, 0.25) is 11.8 Å². The lowest BCUT2D eigenvalue weighted by atomic mass is 9.88. The molecule has 190 valence electrons. The molecule has 0 aliphatic carbocycles. The molecule has 0 bridgehead atoms. The normalized spacial score (nSPS) is 24.3. The minimum atomic E-state index is -0.198. The van der Waals surface area contributed by atoms with Crippen LogP contribution >= 0.6 is 0 Å². The smallest absolute Gasteiger partial charge is 0.241 e. The molecule has 2 heterocycles. The number of carbonyl (C=O) groups excluding carboxylic acids is 2. The second-order valence-corrected chi connectivity index (χ2v) is 10.9. The molecule has 3 rings (SSSR count). The lowest BCUT2D eigenvalue weighted by molar-refractivity contribution is -0.129. The highest BCUT2D eigenvalue weighted by Gasteiger charge is 2.44. The Morgan fingerprint density at radius 3 is 2.68 bits per heavy atom. The molecule has 7 heteroatoms. The third-order valence-electron chi connectivity index (χ3n) is 7.10. The van der Waals surface area contributed by atoms with Crippen LogP contribution in [0, 0.1) is 18.8 Å². The van der Waals surface area contributed by atoms with Crippen LogP contribution in [0.4, 0.5) is 5.69 Å². The molecule has 0 saturated carbocycles. The second-order valence-electron chi connectivity index (χ2n) is 10.9. The Morgan fingerprint density at radius 2 is 2.00 bits per heavy atom. The third kappa shape index (κ3) is 6.58. The summed E-state index contributed by atoms with van der Waals surface area (Å²) in [5, 5.41) is 6.71. The largest absolute Gasteiger partial charge is 0.380 e. The summed E-state index contributed by atoms with van der Waals surface area (Å²) in [5.41, 5.74) is 1.90. The van der Waals surface area contributed by atoms with Crippen molar-refractivity contribution in [2.75, 3.05) is 44.3 Å². The zero-order chi connectivity index (χ0) is 24.9. The van der Waals surface area contributed by atoms with Gasteiger partial charge in [-0.25, -0.2) is 0 Å². The summed E-state index contributed by atoms with van der Waals surface area (Å²) in [6, 6.07) is 8.23. The first kappa shape index (κ1) is 26.6. The van der Waals surface area contributed by atoms with Crippen molar-refractivity contribution in [2.45, 2.75) is 72.0 Å². The number of anilines is 1. The summed E-state index contributed by atoms with van der Waals surface area (Å²) in [5.74, 6) is 0.578. The monoisotopic (exact) mass is 472 g/mol. The van der Waals surface area contributed by atoms with Gasteiger partial charge >= 0.3 is 0 Å². The average molecular weight is 473 g/mol. The van der Waals surface area contributed by atoms with Crippen LogP contribution in [-0.2, 0) is 14.3 Å². The highest BCUT2D eigenvalue weighted by Crippen LogP contribution is 2.32. The molecule has 0 unspecified atom stereocenters. The quantitative estimate of drug-likeness (QED) is 0.578. The number of piperazine rings is 1. The van der Waals surface area contributed by atoms with E-state index in [1.807, 2.05) is 43.0 Å². The summed E-state index contributed by atoms with van der Waals surface area (Å²) in [4.78, 5) is 30.6. The van der Waals surface area contributed by atoms with Crippen LogP contribution in [0.3, 0.4) is 0 Å². The fourth-order valence-corrected chi connectivity index (χ4v) is 5.39. The lowest BCUT2D eigenvalue weighted by Crippen LogP contribution is -2.67. The van der Waals surface area contributed by atoms with Crippen molar-refractivity contribution in [2.24, 2.45) is 11.8 Å². The van der Waals surface area contributed by atoms with Gasteiger partial charge in [0.05, 0.1) is 25.1 Å². The number of nitrogens with zero attached hydrogens (tertiary/aromatic N) is 2. The average Bonchev–Trinajstić information content (AvgIpc) is 2.79. The van der Waals surface area contributed by atoms with Crippen LogP contribution in [0.2, 0.25) is 0 Å². The SMILES string of the molecule is CCOC[C@@H](CC(C)C)NC(=O)[C@@H]1CNC[C@H](N2CC(=O)N(c3ccccc3C)CC2(C)C)C1. The molecule has 2 amide bonds. The third-order valence-corrected chi connectivity index (χ3v) is 7.10. The molecule has 7 nitrogen and oxygen atoms in total. The van der Waals surface area contributed by atoms with E-state index in [1.165, 1.54) is 0 Å². The van der Waals surface area contributed by atoms with Gasteiger partial charge in [0.1, 0.15) is 0 Å². The van der Waals surface area contributed by atoms with E-state index in [0.717, 1.165) is 30.6 Å². The maximum Gasteiger partial charge on any atom is 0.241 e. The standard InChI is InChI=1S/C27H44N4O3/c1-7-34-17-22(12-19(2)3)29-26(33)21-13-23(15-28-14-21)31-16-25(32)30(18-27(31,5)6)24-11-9-8-10-20(24)4/h8-11,19,21-23,28H,7,12-18H2,1-6H3,(H,29,33)/t21-,22+,23+/m0/s1. The van der Waals surface area contributed by atoms with Gasteiger partial charge in [0.15, 0.2) is 0 Å². The topological polar surface area (TPSA) is 73.9 Å². The fraction of sp³-hybridized carbons (Fsp3) is 0.704. The first-order valence-electron chi connectivity index (χ1n) is 12.8. The van der Waals surface area contributed by atoms with E-state index in [-0.39, 0.29) is 35.4 Å². The van der Waals surface area contributed by atoms with Crippen molar-refractivity contribution in [1.82, 2.24) is 15.5 Å². The molecule has 3 atom stereocenters. The first-order valence-corrected chi connectivity index (χ1v) is 12.8. The lowest BCUT2D eigenvalue weighted by Gasteiger charge is -2.51. The van der Waals surface area contributed by atoms with E-state index in [1.54, 1.807) is 0 Å². The number of aryl methyl sites for hydroxylation is 1. The second kappa shape index (κ2) is 11.6. The van der Waals surface area contributed by atoms with Gasteiger partial charge < -0.3 is 20.3 Å². The van der Waals surface area contributed by atoms with Crippen molar-refractivity contribution in [3.8, 4) is 0 Å². The van der Waals surface area contributed by atoms with Crippen LogP contribution in [0.5, 0.6) is 0 Å². The molecule has 2 N–H and O–H groups in total. The number of amides is 2. The number of ether oxygens (including phenoxy) is 1. The van der Waals surface area contributed by atoms with E-state index in [4.69, 9.17) is 4.74 Å². The van der Waals surface area contributed by atoms with Gasteiger partial charge in [-0.15, -0.1) is 0 Å². The van der Waals surface area contributed by atoms with Crippen LogP contribution in [0.15, 0.2) is 24.3 Å². The van der Waals surface area contributed by atoms with Crippen molar-refractivity contribution in [3.05, 3.63) is 29.8 Å². The molecule has 2 saturated heterocycles. The summed E-state index contributed by atoms with van der Waals surface area (Å²) in [6.07, 6.45) is 1.65. The predicted molar refractivity (Wildman–Crippen MR) is 137 cm³/mol. The van der Waals surface area contributed by atoms with Gasteiger partial charge in [-0.1, -0.05) is 32.0 Å². The van der Waals surface area contributed by atoms with Crippen LogP contribution in [-0.4, -0.2) is 73.7 Å². The molecule has 0 aromatic heterocycles. The highest BCUT2D eigenvalue weighted by atomic mass is 16.5. The molecule has 2 aliphatic rings. The van der Waals surface area contributed by atoms with Crippen LogP contribution in [0.25, 0.3) is 0 Å². The van der Waals surface area contributed by atoms with Crippen LogP contribution in [0.1, 0.15) is 53.0 Å². The number of piperidine rings is 1. The number of nitrogens with one attached hydrogen (secondary N) is 2. The zero-order valence-corrected chi connectivity index (χ0v) is 21.9. The first-order chi connectivity index (χ1) is 16.1. The Hall–Kier alpha value is -1.96. The summed E-state index contributed by atoms with van der Waals surface area (Å²) >= 11 is 0. The molecule has 2 fully saturated rings. The van der Waals surface area contributed by atoms with Crippen molar-refractivity contribution < 1.29 is 14.3 Å². The van der Waals surface area contributed by atoms with E-state index in [2.05, 4.69) is 43.2 Å². The van der Waals surface area contributed by atoms with Gasteiger partial charge in [-0.05, 0) is 58.1 Å². The molecule has 0 spiro atoms. The summed E-state index contributed by atoms with van der Waals surface area (Å²) < 4.78 is 5.61. The van der Waals surface area contributed by atoms with E-state index in [9.17, 15) is 9.59 Å². The van der Waals surface area contributed by atoms with Crippen molar-refractivity contribution >= 4 is 17.5 Å². The van der Waals surface area contributed by atoms with Gasteiger partial charge in [0.25, 0.3) is 0 Å². The Morgan fingerprint density at radius 1 is 1.26 bits per heavy atom. The molecule has 1 aromatic carbocycles. The highest BCUT2D eigenvalue weighted by molar-refractivity contribution is 5.96. The molecular formula is C27H44N4O3. The molecule has 1 aromatic rings. The summed E-state index contributed by atoms with van der Waals surface area (Å²) in [7, 11) is 0. The molecule has 34 heavy (non-hydrogen) atoms. The Labute approximate surface area is 205 Å². The maximum absolute atomic E-state index is 13.2. The van der Waals surface area contributed by atoms with E-state index < -0.39 is 0 Å². The number of hydrogen-bond acceptors (Lipinski definition) is 5. The minimum absolute atomic E-state index is 0.0310. The predicted octanol–water partition coefficient (Wildman–Crippen LogP) is 2.97. The van der Waals surface area contributed by atoms with Crippen LogP contribution < -0.4 is 15.5 Å². The minimum Gasteiger partial charge on any atom is -0.380 e. The number of para-hydroxylation sites is 1. The Balaban J connectivity index is 1.66. The molecule has 0 radical (unpaired) electrons. The van der Waals surface area contributed by atoms with E-state index >= 15 is 0 Å². The number of carbonyl (C=O) groups is 2. The Bertz CT molecular complexity index is 841. The molecule has 2 aliphatic heterocycles. The molecular weight excluding hydrogens is 428 g/mol. The zero-order valence-electron chi connectivity index (χ0n) is 21.9. The van der Waals surface area contributed by atoms with Crippen molar-refractivity contribution in [3.63, 3.8) is 0 Å². The number of benzene rings is 1. The number of rotatable bonds is 9.